The summed E-state index contributed by atoms with van der Waals surface area (Å²) in [5.74, 6) is 1.20. The molecule has 4 heteroatoms. The van der Waals surface area contributed by atoms with Gasteiger partial charge in [-0.15, -0.1) is 0 Å². The summed E-state index contributed by atoms with van der Waals surface area (Å²) in [6.07, 6.45) is 3.53. The van der Waals surface area contributed by atoms with Gasteiger partial charge >= 0.3 is 0 Å². The van der Waals surface area contributed by atoms with Crippen LogP contribution in [0.1, 0.15) is 19.4 Å². The van der Waals surface area contributed by atoms with Gasteiger partial charge in [0.25, 0.3) is 0 Å². The van der Waals surface area contributed by atoms with E-state index in [0.717, 1.165) is 13.1 Å². The second kappa shape index (κ2) is 7.74. The highest BCUT2D eigenvalue weighted by molar-refractivity contribution is 5.24. The molecule has 2 rings (SSSR count). The molecule has 0 aliphatic heterocycles. The number of rotatable bonds is 7. The fraction of sp³-hybridized carbons (Fsp3) is 0.412. The Kier molecular flexibility index (Phi) is 5.69. The van der Waals surface area contributed by atoms with Crippen molar-refractivity contribution in [3.63, 3.8) is 0 Å². The predicted molar refractivity (Wildman–Crippen MR) is 87.1 cm³/mol. The average Bonchev–Trinajstić information content (AvgIpc) is 2.48. The monoisotopic (exact) mass is 284 g/mol. The molecule has 0 radical (unpaired) electrons. The first-order valence-electron chi connectivity index (χ1n) is 7.41. The first-order chi connectivity index (χ1) is 10.1. The van der Waals surface area contributed by atoms with Crippen LogP contribution >= 0.6 is 0 Å². The third-order valence-electron chi connectivity index (χ3n) is 3.49. The van der Waals surface area contributed by atoms with E-state index in [-0.39, 0.29) is 0 Å². The standard InChI is InChI=1S/C17H24N4/c1-14(2)16(20-17-18-10-7-11-19-17)13-21(3)12-15-8-5-4-6-9-15/h4-11,14,16H,12-13H2,1-3H3,(H,18,19,20). The first-order valence-corrected chi connectivity index (χ1v) is 7.41. The van der Waals surface area contributed by atoms with E-state index in [2.05, 4.69) is 71.4 Å². The van der Waals surface area contributed by atoms with Crippen molar-refractivity contribution in [2.45, 2.75) is 26.4 Å². The fourth-order valence-corrected chi connectivity index (χ4v) is 2.26. The minimum atomic E-state index is 0.320. The molecule has 1 aromatic heterocycles. The number of likely N-dealkylation sites (N-methyl/N-ethyl adjacent to an activating group) is 1. The van der Waals surface area contributed by atoms with Gasteiger partial charge in [0.05, 0.1) is 0 Å². The molecule has 0 aliphatic carbocycles. The maximum absolute atomic E-state index is 4.25. The molecular weight excluding hydrogens is 260 g/mol. The Balaban J connectivity index is 1.93. The number of hydrogen-bond acceptors (Lipinski definition) is 4. The summed E-state index contributed by atoms with van der Waals surface area (Å²) in [5.41, 5.74) is 1.33. The molecule has 0 bridgehead atoms. The maximum atomic E-state index is 4.25. The molecule has 21 heavy (non-hydrogen) atoms. The molecule has 4 nitrogen and oxygen atoms in total. The van der Waals surface area contributed by atoms with Crippen molar-refractivity contribution >= 4 is 5.95 Å². The van der Waals surface area contributed by atoms with Crippen LogP contribution in [0.15, 0.2) is 48.8 Å². The molecule has 1 unspecified atom stereocenters. The number of anilines is 1. The van der Waals surface area contributed by atoms with Gasteiger partial charge in [-0.25, -0.2) is 9.97 Å². The van der Waals surface area contributed by atoms with Crippen molar-refractivity contribution in [1.29, 1.82) is 0 Å². The lowest BCUT2D eigenvalue weighted by atomic mass is 10.0. The van der Waals surface area contributed by atoms with Crippen molar-refractivity contribution in [2.75, 3.05) is 18.9 Å². The zero-order valence-corrected chi connectivity index (χ0v) is 13.0. The van der Waals surface area contributed by atoms with E-state index < -0.39 is 0 Å². The number of hydrogen-bond donors (Lipinski definition) is 1. The Labute approximate surface area is 127 Å². The van der Waals surface area contributed by atoms with Crippen LogP contribution in [0.3, 0.4) is 0 Å². The number of nitrogens with zero attached hydrogens (tertiary/aromatic N) is 3. The molecule has 0 amide bonds. The van der Waals surface area contributed by atoms with E-state index >= 15 is 0 Å². The number of aromatic nitrogens is 2. The third-order valence-corrected chi connectivity index (χ3v) is 3.49. The molecule has 1 heterocycles. The lowest BCUT2D eigenvalue weighted by Gasteiger charge is -2.27. The molecule has 112 valence electrons. The van der Waals surface area contributed by atoms with Crippen molar-refractivity contribution in [1.82, 2.24) is 14.9 Å². The van der Waals surface area contributed by atoms with Crippen molar-refractivity contribution in [3.05, 3.63) is 54.4 Å². The second-order valence-electron chi connectivity index (χ2n) is 5.75. The summed E-state index contributed by atoms with van der Waals surface area (Å²) in [6.45, 7) is 6.33. The molecule has 1 aromatic carbocycles. The van der Waals surface area contributed by atoms with Crippen LogP contribution in [0.5, 0.6) is 0 Å². The highest BCUT2D eigenvalue weighted by Crippen LogP contribution is 2.11. The molecule has 1 atom stereocenters. The molecule has 0 spiro atoms. The SMILES string of the molecule is CC(C)C(CN(C)Cc1ccccc1)Nc1ncccn1. The van der Waals surface area contributed by atoms with Crippen molar-refractivity contribution in [3.8, 4) is 0 Å². The first kappa shape index (κ1) is 15.4. The Morgan fingerprint density at radius 1 is 1.05 bits per heavy atom. The lowest BCUT2D eigenvalue weighted by Crippen LogP contribution is -2.38. The van der Waals surface area contributed by atoms with Gasteiger partial charge in [-0.3, -0.25) is 0 Å². The lowest BCUT2D eigenvalue weighted by molar-refractivity contribution is 0.286. The highest BCUT2D eigenvalue weighted by Gasteiger charge is 2.16. The van der Waals surface area contributed by atoms with Crippen LogP contribution in [0.25, 0.3) is 0 Å². The van der Waals surface area contributed by atoms with Crippen LogP contribution in [0.4, 0.5) is 5.95 Å². The zero-order chi connectivity index (χ0) is 15.1. The molecule has 0 fully saturated rings. The molecule has 0 saturated carbocycles. The molecular formula is C17H24N4. The summed E-state index contributed by atoms with van der Waals surface area (Å²) in [6, 6.07) is 12.7. The number of benzene rings is 1. The molecule has 0 saturated heterocycles. The van der Waals surface area contributed by atoms with Gasteiger partial charge in [-0.2, -0.15) is 0 Å². The van der Waals surface area contributed by atoms with E-state index in [1.54, 1.807) is 12.4 Å². The zero-order valence-electron chi connectivity index (χ0n) is 13.0. The quantitative estimate of drug-likeness (QED) is 0.848. The average molecular weight is 284 g/mol. The van der Waals surface area contributed by atoms with Crippen LogP contribution in [-0.4, -0.2) is 34.5 Å². The normalized spacial score (nSPS) is 12.6. The fourth-order valence-electron chi connectivity index (χ4n) is 2.26. The Morgan fingerprint density at radius 2 is 1.71 bits per heavy atom. The van der Waals surface area contributed by atoms with Crippen LogP contribution in [0, 0.1) is 5.92 Å². The second-order valence-corrected chi connectivity index (χ2v) is 5.75. The van der Waals surface area contributed by atoms with E-state index in [1.165, 1.54) is 5.56 Å². The Bertz CT molecular complexity index is 513. The van der Waals surface area contributed by atoms with Gasteiger partial charge in [0.1, 0.15) is 0 Å². The summed E-state index contributed by atoms with van der Waals surface area (Å²) in [7, 11) is 2.15. The van der Waals surface area contributed by atoms with E-state index in [4.69, 9.17) is 0 Å². The third kappa shape index (κ3) is 5.16. The van der Waals surface area contributed by atoms with E-state index in [0.29, 0.717) is 17.9 Å². The molecule has 0 aliphatic rings. The van der Waals surface area contributed by atoms with Gasteiger partial charge in [-0.1, -0.05) is 44.2 Å². The highest BCUT2D eigenvalue weighted by atomic mass is 15.2. The topological polar surface area (TPSA) is 41.0 Å². The van der Waals surface area contributed by atoms with E-state index in [1.807, 2.05) is 6.07 Å². The summed E-state index contributed by atoms with van der Waals surface area (Å²) in [5, 5.41) is 3.43. The van der Waals surface area contributed by atoms with Gasteiger partial charge in [0, 0.05) is 31.5 Å². The molecule has 2 aromatic rings. The minimum absolute atomic E-state index is 0.320. The smallest absolute Gasteiger partial charge is 0.222 e. The maximum Gasteiger partial charge on any atom is 0.222 e. The Hall–Kier alpha value is -1.94. The largest absolute Gasteiger partial charge is 0.350 e. The predicted octanol–water partition coefficient (Wildman–Crippen LogP) is 3.05. The van der Waals surface area contributed by atoms with Crippen molar-refractivity contribution < 1.29 is 0 Å². The summed E-state index contributed by atoms with van der Waals surface area (Å²) in [4.78, 5) is 10.8. The van der Waals surface area contributed by atoms with Gasteiger partial charge in [0.2, 0.25) is 5.95 Å². The van der Waals surface area contributed by atoms with E-state index in [9.17, 15) is 0 Å². The van der Waals surface area contributed by atoms with Crippen LogP contribution < -0.4 is 5.32 Å². The minimum Gasteiger partial charge on any atom is -0.350 e. The van der Waals surface area contributed by atoms with Gasteiger partial charge < -0.3 is 10.2 Å². The Morgan fingerprint density at radius 3 is 2.33 bits per heavy atom. The van der Waals surface area contributed by atoms with Crippen molar-refractivity contribution in [2.24, 2.45) is 5.92 Å². The summed E-state index contributed by atoms with van der Waals surface area (Å²) >= 11 is 0. The van der Waals surface area contributed by atoms with Crippen LogP contribution in [-0.2, 0) is 6.54 Å². The van der Waals surface area contributed by atoms with Gasteiger partial charge in [0.15, 0.2) is 0 Å². The number of nitrogens with one attached hydrogen (secondary N) is 1. The van der Waals surface area contributed by atoms with Gasteiger partial charge in [-0.05, 0) is 24.6 Å². The summed E-state index contributed by atoms with van der Waals surface area (Å²) < 4.78 is 0. The van der Waals surface area contributed by atoms with Crippen LogP contribution in [0.2, 0.25) is 0 Å². The molecule has 1 N–H and O–H groups in total.